The Hall–Kier alpha value is -3.22. The van der Waals surface area contributed by atoms with Crippen molar-refractivity contribution in [2.45, 2.75) is 39.7 Å². The number of hydrogen-bond donors (Lipinski definition) is 1. The molecule has 1 amide bonds. The van der Waals surface area contributed by atoms with Crippen molar-refractivity contribution in [3.05, 3.63) is 53.5 Å². The lowest BCUT2D eigenvalue weighted by Crippen LogP contribution is -2.30. The number of pyridine rings is 1. The number of anilines is 1. The Labute approximate surface area is 163 Å². The molecule has 1 aromatic carbocycles. The minimum absolute atomic E-state index is 0.161. The predicted molar refractivity (Wildman–Crippen MR) is 107 cm³/mol. The van der Waals surface area contributed by atoms with Gasteiger partial charge in [-0.2, -0.15) is 5.10 Å². The fraction of sp³-hybridized carbons (Fsp3) is 0.333. The van der Waals surface area contributed by atoms with Crippen LogP contribution in [0.3, 0.4) is 0 Å². The average Bonchev–Trinajstić information content (AvgIpc) is 2.92. The van der Waals surface area contributed by atoms with Gasteiger partial charge in [-0.3, -0.25) is 19.3 Å². The Morgan fingerprint density at radius 3 is 2.64 bits per heavy atom. The molecule has 0 saturated carbocycles. The summed E-state index contributed by atoms with van der Waals surface area (Å²) in [6.45, 7) is 5.24. The molecule has 0 aliphatic rings. The van der Waals surface area contributed by atoms with E-state index in [0.29, 0.717) is 17.8 Å². The van der Waals surface area contributed by atoms with Gasteiger partial charge in [0.1, 0.15) is 0 Å². The van der Waals surface area contributed by atoms with E-state index < -0.39 is 12.1 Å². The van der Waals surface area contributed by atoms with Crippen molar-refractivity contribution in [1.82, 2.24) is 14.8 Å². The van der Waals surface area contributed by atoms with E-state index in [1.807, 2.05) is 57.3 Å². The molecule has 1 atom stereocenters. The number of carbonyl (C=O) groups is 2. The number of esters is 1. The first kappa shape index (κ1) is 19.5. The third kappa shape index (κ3) is 4.36. The van der Waals surface area contributed by atoms with Crippen molar-refractivity contribution in [3.63, 3.8) is 0 Å². The van der Waals surface area contributed by atoms with Gasteiger partial charge in [0.05, 0.1) is 29.0 Å². The number of para-hydroxylation sites is 1. The first-order valence-corrected chi connectivity index (χ1v) is 9.20. The lowest BCUT2D eigenvalue weighted by atomic mass is 10.1. The molecule has 2 aromatic heterocycles. The highest BCUT2D eigenvalue weighted by Gasteiger charge is 2.20. The number of rotatable bonds is 6. The normalized spacial score (nSPS) is 12.0. The van der Waals surface area contributed by atoms with E-state index in [4.69, 9.17) is 4.74 Å². The van der Waals surface area contributed by atoms with E-state index in [-0.39, 0.29) is 12.3 Å². The largest absolute Gasteiger partial charge is 0.453 e. The van der Waals surface area contributed by atoms with Gasteiger partial charge in [0.25, 0.3) is 5.91 Å². The van der Waals surface area contributed by atoms with E-state index in [2.05, 4.69) is 15.4 Å². The van der Waals surface area contributed by atoms with Gasteiger partial charge in [0.15, 0.2) is 6.10 Å². The smallest absolute Gasteiger partial charge is 0.306 e. The molecule has 146 valence electrons. The van der Waals surface area contributed by atoms with Crippen LogP contribution >= 0.6 is 0 Å². The van der Waals surface area contributed by atoms with Gasteiger partial charge in [-0.25, -0.2) is 0 Å². The summed E-state index contributed by atoms with van der Waals surface area (Å²) in [6, 6.07) is 11.7. The van der Waals surface area contributed by atoms with Crippen LogP contribution in [0.15, 0.2) is 36.4 Å². The topological polar surface area (TPSA) is 86.1 Å². The Bertz CT molecular complexity index is 1030. The highest BCUT2D eigenvalue weighted by Crippen LogP contribution is 2.19. The second kappa shape index (κ2) is 8.21. The molecule has 0 aliphatic carbocycles. The minimum atomic E-state index is -0.893. The zero-order valence-electron chi connectivity index (χ0n) is 16.5. The maximum Gasteiger partial charge on any atom is 0.306 e. The van der Waals surface area contributed by atoms with Gasteiger partial charge in [0, 0.05) is 24.5 Å². The minimum Gasteiger partial charge on any atom is -0.453 e. The first-order chi connectivity index (χ1) is 13.3. The number of benzene rings is 1. The van der Waals surface area contributed by atoms with Crippen molar-refractivity contribution in [2.75, 3.05) is 5.32 Å². The van der Waals surface area contributed by atoms with E-state index in [0.717, 1.165) is 22.3 Å². The molecular weight excluding hydrogens is 356 g/mol. The average molecular weight is 380 g/mol. The molecular formula is C21H24N4O3. The monoisotopic (exact) mass is 380 g/mol. The molecule has 1 N–H and O–H groups in total. The van der Waals surface area contributed by atoms with Crippen LogP contribution in [0.1, 0.15) is 30.4 Å². The fourth-order valence-electron chi connectivity index (χ4n) is 2.97. The molecule has 7 nitrogen and oxygen atoms in total. The molecule has 0 aliphatic heterocycles. The van der Waals surface area contributed by atoms with Crippen molar-refractivity contribution in [1.29, 1.82) is 0 Å². The predicted octanol–water partition coefficient (Wildman–Crippen LogP) is 3.09. The highest BCUT2D eigenvalue weighted by atomic mass is 16.5. The van der Waals surface area contributed by atoms with E-state index in [1.54, 1.807) is 11.6 Å². The maximum absolute atomic E-state index is 12.3. The van der Waals surface area contributed by atoms with Gasteiger partial charge in [-0.05, 0) is 32.9 Å². The molecule has 0 radical (unpaired) electrons. The molecule has 0 bridgehead atoms. The molecule has 7 heteroatoms. The molecule has 28 heavy (non-hydrogen) atoms. The summed E-state index contributed by atoms with van der Waals surface area (Å²) in [7, 11) is 1.81. The number of fused-ring (bicyclic) bond motifs is 1. The van der Waals surface area contributed by atoms with Gasteiger partial charge in [-0.15, -0.1) is 0 Å². The summed E-state index contributed by atoms with van der Waals surface area (Å²) in [5, 5.41) is 8.10. The summed E-state index contributed by atoms with van der Waals surface area (Å²) >= 11 is 0. The Morgan fingerprint density at radius 1 is 1.18 bits per heavy atom. The Kier molecular flexibility index (Phi) is 5.73. The summed E-state index contributed by atoms with van der Waals surface area (Å²) < 4.78 is 6.97. The number of aromatic nitrogens is 3. The van der Waals surface area contributed by atoms with Gasteiger partial charge in [-0.1, -0.05) is 24.3 Å². The van der Waals surface area contributed by atoms with Crippen molar-refractivity contribution >= 4 is 28.5 Å². The zero-order chi connectivity index (χ0) is 20.3. The summed E-state index contributed by atoms with van der Waals surface area (Å²) in [5.41, 5.74) is 3.91. The lowest BCUT2D eigenvalue weighted by Gasteiger charge is -2.14. The second-order valence-corrected chi connectivity index (χ2v) is 6.79. The quantitative estimate of drug-likeness (QED) is 0.664. The number of amides is 1. The number of hydrogen-bond acceptors (Lipinski definition) is 5. The zero-order valence-corrected chi connectivity index (χ0v) is 16.5. The highest BCUT2D eigenvalue weighted by molar-refractivity contribution is 5.96. The standard InChI is InChI=1S/C21H24N4O3/c1-13-20(14(2)25(4)24-13)23-21(27)15(3)28-19(26)12-11-17-10-9-16-7-5-6-8-18(16)22-17/h5-10,15H,11-12H2,1-4H3,(H,23,27). The number of carbonyl (C=O) groups excluding carboxylic acids is 2. The van der Waals surface area contributed by atoms with Crippen LogP contribution in [0.2, 0.25) is 0 Å². The van der Waals surface area contributed by atoms with Crippen LogP contribution < -0.4 is 5.32 Å². The summed E-state index contributed by atoms with van der Waals surface area (Å²) in [5.74, 6) is -0.811. The number of aryl methyl sites for hydroxylation is 3. The second-order valence-electron chi connectivity index (χ2n) is 6.79. The summed E-state index contributed by atoms with van der Waals surface area (Å²) in [4.78, 5) is 29.0. The maximum atomic E-state index is 12.3. The number of nitrogens with one attached hydrogen (secondary N) is 1. The van der Waals surface area contributed by atoms with E-state index in [9.17, 15) is 9.59 Å². The fourth-order valence-corrected chi connectivity index (χ4v) is 2.97. The Morgan fingerprint density at radius 2 is 1.93 bits per heavy atom. The molecule has 3 aromatic rings. The molecule has 3 rings (SSSR count). The van der Waals surface area contributed by atoms with Crippen LogP contribution in [-0.2, 0) is 27.8 Å². The van der Waals surface area contributed by atoms with Crippen molar-refractivity contribution < 1.29 is 14.3 Å². The van der Waals surface area contributed by atoms with Gasteiger partial charge in [0.2, 0.25) is 0 Å². The van der Waals surface area contributed by atoms with Gasteiger partial charge < -0.3 is 10.1 Å². The third-order valence-corrected chi connectivity index (χ3v) is 4.68. The molecule has 0 saturated heterocycles. The molecule has 0 fully saturated rings. The third-order valence-electron chi connectivity index (χ3n) is 4.68. The van der Waals surface area contributed by atoms with E-state index in [1.165, 1.54) is 0 Å². The Balaban J connectivity index is 1.53. The first-order valence-electron chi connectivity index (χ1n) is 9.20. The lowest BCUT2D eigenvalue weighted by molar-refractivity contribution is -0.153. The van der Waals surface area contributed by atoms with Crippen LogP contribution in [0.4, 0.5) is 5.69 Å². The van der Waals surface area contributed by atoms with Crippen LogP contribution in [0, 0.1) is 13.8 Å². The van der Waals surface area contributed by atoms with Gasteiger partial charge >= 0.3 is 5.97 Å². The molecule has 2 heterocycles. The molecule has 1 unspecified atom stereocenters. The summed E-state index contributed by atoms with van der Waals surface area (Å²) in [6.07, 6.45) is -0.275. The van der Waals surface area contributed by atoms with Crippen molar-refractivity contribution in [3.8, 4) is 0 Å². The van der Waals surface area contributed by atoms with Crippen molar-refractivity contribution in [2.24, 2.45) is 7.05 Å². The number of ether oxygens (including phenoxy) is 1. The van der Waals surface area contributed by atoms with Crippen LogP contribution in [-0.4, -0.2) is 32.7 Å². The molecule has 0 spiro atoms. The van der Waals surface area contributed by atoms with Crippen LogP contribution in [0.25, 0.3) is 10.9 Å². The number of nitrogens with zero attached hydrogens (tertiary/aromatic N) is 3. The SMILES string of the molecule is Cc1nn(C)c(C)c1NC(=O)C(C)OC(=O)CCc1ccc2ccccc2n1. The van der Waals surface area contributed by atoms with Crippen LogP contribution in [0.5, 0.6) is 0 Å². The van der Waals surface area contributed by atoms with E-state index >= 15 is 0 Å².